The summed E-state index contributed by atoms with van der Waals surface area (Å²) >= 11 is 3.54. The zero-order valence-corrected chi connectivity index (χ0v) is 12.2. The number of benzene rings is 1. The van der Waals surface area contributed by atoms with Crippen LogP contribution < -0.4 is 5.73 Å². The lowest BCUT2D eigenvalue weighted by Crippen LogP contribution is -2.06. The smallest absolute Gasteiger partial charge is 0.159 e. The molecule has 0 spiro atoms. The number of hydrogen-bond acceptors (Lipinski definition) is 3. The molecule has 2 rings (SSSR count). The molecule has 1 aromatic heterocycles. The van der Waals surface area contributed by atoms with Gasteiger partial charge in [-0.15, -0.1) is 0 Å². The van der Waals surface area contributed by atoms with Crippen LogP contribution in [-0.4, -0.2) is 16.5 Å². The van der Waals surface area contributed by atoms with Crippen molar-refractivity contribution >= 4 is 15.9 Å². The molecule has 0 fully saturated rings. The van der Waals surface area contributed by atoms with E-state index in [1.807, 2.05) is 19.1 Å². The molecular weight excluding hydrogens is 290 g/mol. The van der Waals surface area contributed by atoms with Crippen molar-refractivity contribution in [3.63, 3.8) is 0 Å². The molecule has 4 heteroatoms. The Morgan fingerprint density at radius 2 is 1.94 bits per heavy atom. The van der Waals surface area contributed by atoms with E-state index in [-0.39, 0.29) is 0 Å². The highest BCUT2D eigenvalue weighted by atomic mass is 79.9. The van der Waals surface area contributed by atoms with Gasteiger partial charge >= 0.3 is 0 Å². The van der Waals surface area contributed by atoms with Crippen LogP contribution in [0.2, 0.25) is 0 Å². The summed E-state index contributed by atoms with van der Waals surface area (Å²) in [6.07, 6.45) is 0.781. The molecule has 0 aliphatic heterocycles. The zero-order valence-electron chi connectivity index (χ0n) is 10.6. The van der Waals surface area contributed by atoms with E-state index in [1.54, 1.807) is 0 Å². The number of nitrogens with two attached hydrogens (primary N) is 1. The fourth-order valence-corrected chi connectivity index (χ4v) is 2.15. The standard InChI is InChI=1S/C14H16BrN3/c1-9-3-4-11(8-13(9)15)14-17-10(2)7-12(18-14)5-6-16/h3-4,7-8H,5-6,16H2,1-2H3. The van der Waals surface area contributed by atoms with Gasteiger partial charge in [-0.2, -0.15) is 0 Å². The van der Waals surface area contributed by atoms with Crippen LogP contribution in [0.5, 0.6) is 0 Å². The molecule has 0 bridgehead atoms. The minimum absolute atomic E-state index is 0.605. The fraction of sp³-hybridized carbons (Fsp3) is 0.286. The molecule has 3 nitrogen and oxygen atoms in total. The number of hydrogen-bond donors (Lipinski definition) is 1. The second-order valence-electron chi connectivity index (χ2n) is 4.33. The van der Waals surface area contributed by atoms with Crippen LogP contribution >= 0.6 is 15.9 Å². The van der Waals surface area contributed by atoms with Gasteiger partial charge in [0.05, 0.1) is 0 Å². The van der Waals surface area contributed by atoms with Crippen LogP contribution in [0.1, 0.15) is 17.0 Å². The minimum atomic E-state index is 0.605. The van der Waals surface area contributed by atoms with Gasteiger partial charge in [-0.1, -0.05) is 28.1 Å². The van der Waals surface area contributed by atoms with E-state index in [0.29, 0.717) is 6.54 Å². The molecule has 0 unspecified atom stereocenters. The van der Waals surface area contributed by atoms with Crippen molar-refractivity contribution in [2.45, 2.75) is 20.3 Å². The van der Waals surface area contributed by atoms with Gasteiger partial charge in [0.25, 0.3) is 0 Å². The quantitative estimate of drug-likeness (QED) is 0.948. The van der Waals surface area contributed by atoms with Gasteiger partial charge in [-0.05, 0) is 38.1 Å². The Kier molecular flexibility index (Phi) is 4.09. The first-order chi connectivity index (χ1) is 8.60. The van der Waals surface area contributed by atoms with Crippen molar-refractivity contribution in [1.29, 1.82) is 0 Å². The molecule has 1 aromatic carbocycles. The molecule has 0 radical (unpaired) electrons. The first-order valence-corrected chi connectivity index (χ1v) is 6.70. The average Bonchev–Trinajstić information content (AvgIpc) is 2.32. The third-order valence-electron chi connectivity index (χ3n) is 2.74. The number of nitrogens with zero attached hydrogens (tertiary/aromatic N) is 2. The lowest BCUT2D eigenvalue weighted by Gasteiger charge is -2.07. The largest absolute Gasteiger partial charge is 0.330 e. The van der Waals surface area contributed by atoms with Crippen molar-refractivity contribution in [2.75, 3.05) is 6.54 Å². The summed E-state index contributed by atoms with van der Waals surface area (Å²) in [5.41, 5.74) is 9.77. The molecule has 94 valence electrons. The van der Waals surface area contributed by atoms with Crippen LogP contribution in [0.15, 0.2) is 28.7 Å². The molecule has 2 N–H and O–H groups in total. The fourth-order valence-electron chi connectivity index (χ4n) is 1.77. The lowest BCUT2D eigenvalue weighted by atomic mass is 10.1. The molecule has 18 heavy (non-hydrogen) atoms. The highest BCUT2D eigenvalue weighted by Gasteiger charge is 2.06. The number of halogens is 1. The Labute approximate surface area is 116 Å². The average molecular weight is 306 g/mol. The summed E-state index contributed by atoms with van der Waals surface area (Å²) in [7, 11) is 0. The van der Waals surface area contributed by atoms with Crippen molar-refractivity contribution in [3.8, 4) is 11.4 Å². The highest BCUT2D eigenvalue weighted by molar-refractivity contribution is 9.10. The van der Waals surface area contributed by atoms with E-state index < -0.39 is 0 Å². The Hall–Kier alpha value is -1.26. The van der Waals surface area contributed by atoms with Gasteiger partial charge in [0.2, 0.25) is 0 Å². The molecule has 0 amide bonds. The third-order valence-corrected chi connectivity index (χ3v) is 3.59. The summed E-state index contributed by atoms with van der Waals surface area (Å²) < 4.78 is 1.07. The van der Waals surface area contributed by atoms with Gasteiger partial charge in [-0.25, -0.2) is 9.97 Å². The van der Waals surface area contributed by atoms with Crippen molar-refractivity contribution in [2.24, 2.45) is 5.73 Å². The molecule has 0 aliphatic rings. The first-order valence-electron chi connectivity index (χ1n) is 5.91. The Bertz CT molecular complexity index is 567. The third kappa shape index (κ3) is 2.94. The van der Waals surface area contributed by atoms with E-state index >= 15 is 0 Å². The topological polar surface area (TPSA) is 51.8 Å². The van der Waals surface area contributed by atoms with Crippen LogP contribution in [0, 0.1) is 13.8 Å². The molecule has 0 saturated carbocycles. The van der Waals surface area contributed by atoms with Crippen LogP contribution in [-0.2, 0) is 6.42 Å². The SMILES string of the molecule is Cc1cc(CCN)nc(-c2ccc(C)c(Br)c2)n1. The molecule has 0 aliphatic carbocycles. The zero-order chi connectivity index (χ0) is 13.1. The van der Waals surface area contributed by atoms with E-state index in [4.69, 9.17) is 5.73 Å². The summed E-state index contributed by atoms with van der Waals surface area (Å²) in [5, 5.41) is 0. The second-order valence-corrected chi connectivity index (χ2v) is 5.18. The van der Waals surface area contributed by atoms with Crippen molar-refractivity contribution in [3.05, 3.63) is 45.7 Å². The maximum atomic E-state index is 5.58. The predicted octanol–water partition coefficient (Wildman–Crippen LogP) is 3.02. The van der Waals surface area contributed by atoms with Crippen LogP contribution in [0.25, 0.3) is 11.4 Å². The molecule has 1 heterocycles. The number of aryl methyl sites for hydroxylation is 2. The first kappa shape index (κ1) is 13.2. The van der Waals surface area contributed by atoms with Crippen molar-refractivity contribution < 1.29 is 0 Å². The Morgan fingerprint density at radius 1 is 1.17 bits per heavy atom. The van der Waals surface area contributed by atoms with E-state index in [9.17, 15) is 0 Å². The Morgan fingerprint density at radius 3 is 2.61 bits per heavy atom. The molecular formula is C14H16BrN3. The summed E-state index contributed by atoms with van der Waals surface area (Å²) in [6, 6.07) is 8.14. The van der Waals surface area contributed by atoms with Gasteiger partial charge < -0.3 is 5.73 Å². The van der Waals surface area contributed by atoms with Crippen LogP contribution in [0.4, 0.5) is 0 Å². The number of aromatic nitrogens is 2. The molecule has 2 aromatic rings. The number of rotatable bonds is 3. The second kappa shape index (κ2) is 5.59. The molecule has 0 saturated heterocycles. The van der Waals surface area contributed by atoms with E-state index in [1.165, 1.54) is 5.56 Å². The predicted molar refractivity (Wildman–Crippen MR) is 77.4 cm³/mol. The Balaban J connectivity index is 2.46. The van der Waals surface area contributed by atoms with Gasteiger partial charge in [0.15, 0.2) is 5.82 Å². The minimum Gasteiger partial charge on any atom is -0.330 e. The van der Waals surface area contributed by atoms with Crippen LogP contribution in [0.3, 0.4) is 0 Å². The summed E-state index contributed by atoms with van der Waals surface area (Å²) in [4.78, 5) is 9.04. The van der Waals surface area contributed by atoms with Crippen molar-refractivity contribution in [1.82, 2.24) is 9.97 Å². The normalized spacial score (nSPS) is 10.7. The maximum Gasteiger partial charge on any atom is 0.159 e. The molecule has 0 atom stereocenters. The highest BCUT2D eigenvalue weighted by Crippen LogP contribution is 2.23. The lowest BCUT2D eigenvalue weighted by molar-refractivity contribution is 0.904. The van der Waals surface area contributed by atoms with E-state index in [2.05, 4.69) is 45.0 Å². The summed E-state index contributed by atoms with van der Waals surface area (Å²) in [6.45, 7) is 4.65. The maximum absolute atomic E-state index is 5.58. The van der Waals surface area contributed by atoms with E-state index in [0.717, 1.165) is 33.7 Å². The van der Waals surface area contributed by atoms with Gasteiger partial charge in [-0.3, -0.25) is 0 Å². The monoisotopic (exact) mass is 305 g/mol. The van der Waals surface area contributed by atoms with Gasteiger partial charge in [0.1, 0.15) is 0 Å². The van der Waals surface area contributed by atoms with Gasteiger partial charge in [0, 0.05) is 27.8 Å². The summed E-state index contributed by atoms with van der Waals surface area (Å²) in [5.74, 6) is 0.763.